The average Bonchev–Trinajstić information content (AvgIpc) is 2.78. The maximum absolute atomic E-state index is 3.86. The summed E-state index contributed by atoms with van der Waals surface area (Å²) in [6, 6.07) is 0. The van der Waals surface area contributed by atoms with E-state index in [9.17, 15) is 0 Å². The number of nitrogens with zero attached hydrogens (tertiary/aromatic N) is 4. The van der Waals surface area contributed by atoms with Crippen molar-refractivity contribution in [1.82, 2.24) is 19.9 Å². The van der Waals surface area contributed by atoms with Gasteiger partial charge in [-0.15, -0.1) is 5.10 Å². The molecule has 0 atom stereocenters. The summed E-state index contributed by atoms with van der Waals surface area (Å²) in [5, 5.41) is 11.0. The Morgan fingerprint density at radius 1 is 1.43 bits per heavy atom. The van der Waals surface area contributed by atoms with E-state index in [1.165, 1.54) is 25.9 Å². The maximum Gasteiger partial charge on any atom is 0.144 e. The number of anilines is 1. The Labute approximate surface area is 84.1 Å². The van der Waals surface area contributed by atoms with E-state index >= 15 is 0 Å². The average molecular weight is 195 g/mol. The van der Waals surface area contributed by atoms with Crippen molar-refractivity contribution in [2.45, 2.75) is 12.8 Å². The Kier molecular flexibility index (Phi) is 2.98. The zero-order chi connectivity index (χ0) is 9.80. The summed E-state index contributed by atoms with van der Waals surface area (Å²) in [5.74, 6) is 0.990. The minimum atomic E-state index is 0.973. The monoisotopic (exact) mass is 195 g/mol. The Morgan fingerprint density at radius 3 is 2.86 bits per heavy atom. The fourth-order valence-corrected chi connectivity index (χ4v) is 1.80. The van der Waals surface area contributed by atoms with Crippen molar-refractivity contribution in [3.63, 3.8) is 0 Å². The van der Waals surface area contributed by atoms with Crippen LogP contribution in [0.3, 0.4) is 0 Å². The number of nitrogens with one attached hydrogen (secondary N) is 1. The van der Waals surface area contributed by atoms with Crippen molar-refractivity contribution in [2.75, 3.05) is 31.5 Å². The van der Waals surface area contributed by atoms with Crippen LogP contribution < -0.4 is 5.32 Å². The predicted molar refractivity (Wildman–Crippen MR) is 55.2 cm³/mol. The zero-order valence-corrected chi connectivity index (χ0v) is 8.61. The van der Waals surface area contributed by atoms with E-state index in [-0.39, 0.29) is 0 Å². The molecule has 2 rings (SSSR count). The van der Waals surface area contributed by atoms with E-state index in [0.717, 1.165) is 18.9 Å². The third-order valence-electron chi connectivity index (χ3n) is 2.65. The van der Waals surface area contributed by atoms with Crippen LogP contribution in [0.2, 0.25) is 0 Å². The molecule has 1 aliphatic heterocycles. The molecule has 0 amide bonds. The van der Waals surface area contributed by atoms with Crippen LogP contribution >= 0.6 is 0 Å². The zero-order valence-electron chi connectivity index (χ0n) is 8.61. The first-order valence-electron chi connectivity index (χ1n) is 5.17. The molecule has 5 nitrogen and oxygen atoms in total. The highest BCUT2D eigenvalue weighted by molar-refractivity contribution is 5.30. The van der Waals surface area contributed by atoms with E-state index in [4.69, 9.17) is 0 Å². The lowest BCUT2D eigenvalue weighted by Crippen LogP contribution is -2.26. The van der Waals surface area contributed by atoms with Crippen molar-refractivity contribution in [1.29, 1.82) is 0 Å². The standard InChI is InChI=1S/C9H17N5/c1-13-9(8-11-12-13)10-4-7-14-5-2-3-6-14/h8,10H,2-7H2,1H3. The first-order valence-corrected chi connectivity index (χ1v) is 5.17. The molecule has 0 bridgehead atoms. The molecule has 1 fully saturated rings. The van der Waals surface area contributed by atoms with Crippen molar-refractivity contribution in [3.05, 3.63) is 6.20 Å². The number of hydrogen-bond donors (Lipinski definition) is 1. The van der Waals surface area contributed by atoms with Crippen LogP contribution in [0.1, 0.15) is 12.8 Å². The van der Waals surface area contributed by atoms with E-state index in [1.807, 2.05) is 7.05 Å². The lowest BCUT2D eigenvalue weighted by molar-refractivity contribution is 0.352. The van der Waals surface area contributed by atoms with Crippen molar-refractivity contribution < 1.29 is 0 Å². The number of rotatable bonds is 4. The summed E-state index contributed by atoms with van der Waals surface area (Å²) in [5.41, 5.74) is 0. The largest absolute Gasteiger partial charge is 0.368 e. The van der Waals surface area contributed by atoms with Crippen LogP contribution in [0.15, 0.2) is 6.20 Å². The summed E-state index contributed by atoms with van der Waals surface area (Å²) < 4.78 is 1.75. The van der Waals surface area contributed by atoms with Crippen LogP contribution in [0, 0.1) is 0 Å². The lowest BCUT2D eigenvalue weighted by atomic mass is 10.4. The molecule has 2 heterocycles. The molecule has 1 aliphatic rings. The van der Waals surface area contributed by atoms with E-state index < -0.39 is 0 Å². The highest BCUT2D eigenvalue weighted by Crippen LogP contribution is 2.06. The van der Waals surface area contributed by atoms with Gasteiger partial charge in [-0.2, -0.15) is 0 Å². The van der Waals surface area contributed by atoms with Gasteiger partial charge in [0, 0.05) is 20.1 Å². The normalized spacial score (nSPS) is 17.5. The first kappa shape index (κ1) is 9.45. The van der Waals surface area contributed by atoms with Gasteiger partial charge in [0.15, 0.2) is 0 Å². The Bertz CT molecular complexity index is 276. The summed E-state index contributed by atoms with van der Waals surface area (Å²) >= 11 is 0. The van der Waals surface area contributed by atoms with Crippen LogP contribution in [0.5, 0.6) is 0 Å². The lowest BCUT2D eigenvalue weighted by Gasteiger charge is -2.14. The molecule has 1 aromatic rings. The second-order valence-corrected chi connectivity index (χ2v) is 3.72. The molecule has 1 aromatic heterocycles. The molecule has 0 unspecified atom stereocenters. The van der Waals surface area contributed by atoms with E-state index in [1.54, 1.807) is 10.9 Å². The van der Waals surface area contributed by atoms with Gasteiger partial charge in [0.1, 0.15) is 5.82 Å². The smallest absolute Gasteiger partial charge is 0.144 e. The molecule has 1 N–H and O–H groups in total. The number of likely N-dealkylation sites (tertiary alicyclic amines) is 1. The Hall–Kier alpha value is -1.10. The highest BCUT2D eigenvalue weighted by atomic mass is 15.4. The number of aryl methyl sites for hydroxylation is 1. The van der Waals surface area contributed by atoms with Crippen LogP contribution in [0.25, 0.3) is 0 Å². The molecule has 1 saturated heterocycles. The Balaban J connectivity index is 1.70. The molecule has 0 radical (unpaired) electrons. The molecule has 0 saturated carbocycles. The minimum absolute atomic E-state index is 0.973. The molecular formula is C9H17N5. The third kappa shape index (κ3) is 2.23. The fourth-order valence-electron chi connectivity index (χ4n) is 1.80. The summed E-state index contributed by atoms with van der Waals surface area (Å²) in [7, 11) is 1.89. The second kappa shape index (κ2) is 4.41. The minimum Gasteiger partial charge on any atom is -0.368 e. The van der Waals surface area contributed by atoms with E-state index in [2.05, 4.69) is 20.5 Å². The molecule has 0 aliphatic carbocycles. The van der Waals surface area contributed by atoms with Gasteiger partial charge in [0.05, 0.1) is 6.20 Å². The van der Waals surface area contributed by atoms with Gasteiger partial charge in [-0.1, -0.05) is 5.21 Å². The second-order valence-electron chi connectivity index (χ2n) is 3.72. The predicted octanol–water partition coefficient (Wildman–Crippen LogP) is 0.323. The van der Waals surface area contributed by atoms with Crippen LogP contribution in [-0.4, -0.2) is 46.1 Å². The van der Waals surface area contributed by atoms with Crippen molar-refractivity contribution >= 4 is 5.82 Å². The summed E-state index contributed by atoms with van der Waals surface area (Å²) in [6.07, 6.45) is 4.46. The van der Waals surface area contributed by atoms with Gasteiger partial charge in [-0.05, 0) is 25.9 Å². The first-order chi connectivity index (χ1) is 6.86. The topological polar surface area (TPSA) is 46.0 Å². The van der Waals surface area contributed by atoms with Crippen molar-refractivity contribution in [2.24, 2.45) is 7.05 Å². The quantitative estimate of drug-likeness (QED) is 0.751. The van der Waals surface area contributed by atoms with Gasteiger partial charge in [0.2, 0.25) is 0 Å². The molecular weight excluding hydrogens is 178 g/mol. The SMILES string of the molecule is Cn1nncc1NCCN1CCCC1. The Morgan fingerprint density at radius 2 is 2.21 bits per heavy atom. The molecule has 0 aromatic carbocycles. The molecule has 0 spiro atoms. The number of aromatic nitrogens is 3. The van der Waals surface area contributed by atoms with Gasteiger partial charge < -0.3 is 10.2 Å². The summed E-state index contributed by atoms with van der Waals surface area (Å²) in [6.45, 7) is 4.60. The van der Waals surface area contributed by atoms with Gasteiger partial charge >= 0.3 is 0 Å². The number of hydrogen-bond acceptors (Lipinski definition) is 4. The summed E-state index contributed by atoms with van der Waals surface area (Å²) in [4.78, 5) is 2.48. The van der Waals surface area contributed by atoms with Crippen LogP contribution in [0.4, 0.5) is 5.82 Å². The maximum atomic E-state index is 3.86. The van der Waals surface area contributed by atoms with Crippen LogP contribution in [-0.2, 0) is 7.05 Å². The third-order valence-corrected chi connectivity index (χ3v) is 2.65. The van der Waals surface area contributed by atoms with Gasteiger partial charge in [-0.3, -0.25) is 0 Å². The molecule has 78 valence electrons. The molecule has 14 heavy (non-hydrogen) atoms. The van der Waals surface area contributed by atoms with Gasteiger partial charge in [0.25, 0.3) is 0 Å². The van der Waals surface area contributed by atoms with E-state index in [0.29, 0.717) is 0 Å². The van der Waals surface area contributed by atoms with Crippen molar-refractivity contribution in [3.8, 4) is 0 Å². The fraction of sp³-hybridized carbons (Fsp3) is 0.778. The molecule has 5 heteroatoms. The van der Waals surface area contributed by atoms with Gasteiger partial charge in [-0.25, -0.2) is 4.68 Å². The highest BCUT2D eigenvalue weighted by Gasteiger charge is 2.10.